The van der Waals surface area contributed by atoms with E-state index in [4.69, 9.17) is 4.84 Å². The molecule has 3 aromatic rings. The Bertz CT molecular complexity index is 1030. The summed E-state index contributed by atoms with van der Waals surface area (Å²) in [5.41, 5.74) is 2.06. The van der Waals surface area contributed by atoms with E-state index in [1.54, 1.807) is 0 Å². The smallest absolute Gasteiger partial charge is 0.264 e. The van der Waals surface area contributed by atoms with Gasteiger partial charge in [0.25, 0.3) is 15.9 Å². The van der Waals surface area contributed by atoms with Gasteiger partial charge in [0, 0.05) is 12.6 Å². The first-order valence-corrected chi connectivity index (χ1v) is 9.65. The molecule has 0 radical (unpaired) electrons. The van der Waals surface area contributed by atoms with E-state index in [9.17, 15) is 13.2 Å². The van der Waals surface area contributed by atoms with Gasteiger partial charge >= 0.3 is 0 Å². The second kappa shape index (κ2) is 7.47. The molecule has 1 amide bonds. The van der Waals surface area contributed by atoms with Gasteiger partial charge in [0.05, 0.1) is 29.1 Å². The Morgan fingerprint density at radius 1 is 1.19 bits per heavy atom. The third kappa shape index (κ3) is 3.85. The van der Waals surface area contributed by atoms with E-state index in [0.717, 1.165) is 15.5 Å². The van der Waals surface area contributed by atoms with Crippen LogP contribution in [0, 0.1) is 0 Å². The Hall–Kier alpha value is -2.75. The number of nitrogens with one attached hydrogen (secondary N) is 2. The largest absolute Gasteiger partial charge is 0.342 e. The van der Waals surface area contributed by atoms with Crippen LogP contribution in [-0.2, 0) is 14.9 Å². The summed E-state index contributed by atoms with van der Waals surface area (Å²) >= 11 is 0. The third-order valence-electron chi connectivity index (χ3n) is 4.18. The van der Waals surface area contributed by atoms with Gasteiger partial charge < -0.3 is 10.3 Å². The summed E-state index contributed by atoms with van der Waals surface area (Å²) in [6, 6.07) is 12.9. The van der Waals surface area contributed by atoms with Gasteiger partial charge in [-0.1, -0.05) is 16.6 Å². The van der Waals surface area contributed by atoms with Crippen LogP contribution in [0.3, 0.4) is 0 Å². The fraction of sp³-hybridized carbons (Fsp3) is 0.222. The lowest BCUT2D eigenvalue weighted by molar-refractivity contribution is -0.0258. The molecule has 2 aromatic carbocycles. The number of hydroxylamine groups is 1. The predicted octanol–water partition coefficient (Wildman–Crippen LogP) is 2.24. The maximum absolute atomic E-state index is 12.5. The molecule has 0 aliphatic carbocycles. The number of sulfonamides is 1. The molecule has 2 N–H and O–H groups in total. The number of hydrogen-bond acceptors (Lipinski definition) is 5. The normalized spacial score (nSPS) is 13.0. The number of para-hydroxylation sites is 2. The average Bonchev–Trinajstić information content (AvgIpc) is 3.11. The molecule has 27 heavy (non-hydrogen) atoms. The molecule has 8 nitrogen and oxygen atoms in total. The van der Waals surface area contributed by atoms with Gasteiger partial charge in [0.1, 0.15) is 5.82 Å². The zero-order valence-electron chi connectivity index (χ0n) is 15.1. The highest BCUT2D eigenvalue weighted by Crippen LogP contribution is 2.18. The summed E-state index contributed by atoms with van der Waals surface area (Å²) in [6.07, 6.45) is 0. The maximum Gasteiger partial charge on any atom is 0.264 e. The highest BCUT2D eigenvalue weighted by atomic mass is 32.2. The molecule has 0 bridgehead atoms. The van der Waals surface area contributed by atoms with Gasteiger partial charge in [-0.05, 0) is 43.3 Å². The molecular weight excluding hydrogens is 368 g/mol. The highest BCUT2D eigenvalue weighted by Gasteiger charge is 2.21. The van der Waals surface area contributed by atoms with Gasteiger partial charge in [-0.3, -0.25) is 9.63 Å². The molecule has 1 heterocycles. The summed E-state index contributed by atoms with van der Waals surface area (Å²) in [6.45, 7) is 1.82. The van der Waals surface area contributed by atoms with Crippen LogP contribution in [0.15, 0.2) is 53.4 Å². The molecule has 0 saturated carbocycles. The first kappa shape index (κ1) is 19.0. The van der Waals surface area contributed by atoms with Gasteiger partial charge in [-0.15, -0.1) is 0 Å². The van der Waals surface area contributed by atoms with Gasteiger partial charge in [-0.25, -0.2) is 13.4 Å². The third-order valence-corrected chi connectivity index (χ3v) is 5.87. The van der Waals surface area contributed by atoms with E-state index in [1.165, 1.54) is 38.4 Å². The van der Waals surface area contributed by atoms with E-state index in [2.05, 4.69) is 15.3 Å². The topological polar surface area (TPSA) is 104 Å². The van der Waals surface area contributed by atoms with Crippen molar-refractivity contribution in [2.45, 2.75) is 17.9 Å². The van der Waals surface area contributed by atoms with Crippen LogP contribution in [-0.4, -0.2) is 42.9 Å². The number of fused-ring (bicyclic) bond motifs is 1. The van der Waals surface area contributed by atoms with E-state index < -0.39 is 10.0 Å². The van der Waals surface area contributed by atoms with Crippen LogP contribution in [0.4, 0.5) is 0 Å². The van der Waals surface area contributed by atoms with Crippen molar-refractivity contribution in [3.8, 4) is 0 Å². The van der Waals surface area contributed by atoms with Crippen molar-refractivity contribution >= 4 is 27.0 Å². The van der Waals surface area contributed by atoms with Gasteiger partial charge in [-0.2, -0.15) is 0 Å². The number of hydrogen-bond donors (Lipinski definition) is 2. The number of carbonyl (C=O) groups excluding carboxylic acids is 1. The minimum absolute atomic E-state index is 0.0359. The Morgan fingerprint density at radius 2 is 1.85 bits per heavy atom. The van der Waals surface area contributed by atoms with Crippen LogP contribution >= 0.6 is 0 Å². The zero-order chi connectivity index (χ0) is 19.6. The average molecular weight is 388 g/mol. The Kier molecular flexibility index (Phi) is 5.26. The minimum Gasteiger partial charge on any atom is -0.342 e. The second-order valence-corrected chi connectivity index (χ2v) is 7.89. The number of nitrogens with zero attached hydrogens (tertiary/aromatic N) is 2. The summed E-state index contributed by atoms with van der Waals surface area (Å²) in [5.74, 6) is 0.317. The van der Waals surface area contributed by atoms with Crippen LogP contribution in [0.5, 0.6) is 0 Å². The Balaban J connectivity index is 1.74. The molecule has 142 valence electrons. The first-order chi connectivity index (χ1) is 12.8. The summed E-state index contributed by atoms with van der Waals surface area (Å²) in [7, 11) is -1.19. The summed E-state index contributed by atoms with van der Waals surface area (Å²) in [4.78, 5) is 24.9. The lowest BCUT2D eigenvalue weighted by atomic mass is 10.2. The second-order valence-electron chi connectivity index (χ2n) is 5.96. The minimum atomic E-state index is -3.75. The molecule has 0 aliphatic heterocycles. The lowest BCUT2D eigenvalue weighted by Gasteiger charge is -2.15. The fourth-order valence-electron chi connectivity index (χ4n) is 2.55. The number of carbonyl (C=O) groups is 1. The molecule has 9 heteroatoms. The standard InChI is InChI=1S/C18H20N4O4S/c1-12(17-20-15-6-4-5-7-16(15)21-17)19-18(23)13-8-10-14(11-9-13)27(24,25)22(2)26-3/h4-12H,1-3H3,(H,19,23)(H,20,21)/t12-/m0/s1. The van der Waals surface area contributed by atoms with Crippen LogP contribution in [0.25, 0.3) is 11.0 Å². The van der Waals surface area contributed by atoms with E-state index >= 15 is 0 Å². The Morgan fingerprint density at radius 3 is 2.48 bits per heavy atom. The van der Waals surface area contributed by atoms with Crippen LogP contribution < -0.4 is 5.32 Å². The van der Waals surface area contributed by atoms with Crippen LogP contribution in [0.2, 0.25) is 0 Å². The molecule has 0 saturated heterocycles. The molecular formula is C18H20N4O4S. The number of amides is 1. The van der Waals surface area contributed by atoms with E-state index in [1.807, 2.05) is 31.2 Å². The quantitative estimate of drug-likeness (QED) is 0.630. The summed E-state index contributed by atoms with van der Waals surface area (Å²) in [5, 5.41) is 2.85. The maximum atomic E-state index is 12.5. The van der Waals surface area contributed by atoms with E-state index in [-0.39, 0.29) is 16.8 Å². The van der Waals surface area contributed by atoms with Crippen molar-refractivity contribution in [1.82, 2.24) is 19.8 Å². The van der Waals surface area contributed by atoms with Crippen molar-refractivity contribution in [1.29, 1.82) is 0 Å². The van der Waals surface area contributed by atoms with Crippen LogP contribution in [0.1, 0.15) is 29.1 Å². The number of H-pyrrole nitrogens is 1. The first-order valence-electron chi connectivity index (χ1n) is 8.21. The number of rotatable bonds is 6. The summed E-state index contributed by atoms with van der Waals surface area (Å²) < 4.78 is 25.1. The van der Waals surface area contributed by atoms with Crippen molar-refractivity contribution in [3.05, 3.63) is 59.9 Å². The fourth-order valence-corrected chi connectivity index (χ4v) is 3.52. The number of aromatic amines is 1. The number of imidazole rings is 1. The predicted molar refractivity (Wildman–Crippen MR) is 100 cm³/mol. The van der Waals surface area contributed by atoms with Gasteiger partial charge in [0.2, 0.25) is 0 Å². The lowest BCUT2D eigenvalue weighted by Crippen LogP contribution is -2.28. The SMILES string of the molecule is CON(C)S(=O)(=O)c1ccc(C(=O)N[C@@H](C)c2nc3ccccc3[nH]2)cc1. The molecule has 0 aliphatic rings. The highest BCUT2D eigenvalue weighted by molar-refractivity contribution is 7.89. The van der Waals surface area contributed by atoms with Gasteiger partial charge in [0.15, 0.2) is 0 Å². The van der Waals surface area contributed by atoms with Crippen molar-refractivity contribution in [2.75, 3.05) is 14.2 Å². The van der Waals surface area contributed by atoms with Crippen molar-refractivity contribution in [3.63, 3.8) is 0 Å². The molecule has 0 fully saturated rings. The Labute approximate surface area is 157 Å². The van der Waals surface area contributed by atoms with Crippen molar-refractivity contribution in [2.24, 2.45) is 0 Å². The monoisotopic (exact) mass is 388 g/mol. The number of aromatic nitrogens is 2. The van der Waals surface area contributed by atoms with Crippen molar-refractivity contribution < 1.29 is 18.0 Å². The molecule has 0 unspecified atom stereocenters. The number of benzene rings is 2. The van der Waals surface area contributed by atoms with E-state index in [0.29, 0.717) is 11.4 Å². The molecule has 0 spiro atoms. The molecule has 1 aromatic heterocycles. The zero-order valence-corrected chi connectivity index (χ0v) is 15.9. The molecule has 1 atom stereocenters. The molecule has 3 rings (SSSR count).